The van der Waals surface area contributed by atoms with Crippen molar-refractivity contribution in [2.24, 2.45) is 0 Å². The SMILES string of the molecule is Cc1ccn2c(=O)c(C(=O)Nc3ccc(C)c(F)c3)cnc2c1. The van der Waals surface area contributed by atoms with Crippen molar-refractivity contribution in [3.63, 3.8) is 0 Å². The third-order valence-corrected chi connectivity index (χ3v) is 3.54. The van der Waals surface area contributed by atoms with Crippen molar-refractivity contribution < 1.29 is 9.18 Å². The summed E-state index contributed by atoms with van der Waals surface area (Å²) in [5, 5.41) is 2.51. The van der Waals surface area contributed by atoms with Gasteiger partial charge >= 0.3 is 0 Å². The van der Waals surface area contributed by atoms with Crippen LogP contribution in [-0.4, -0.2) is 15.3 Å². The number of rotatable bonds is 2. The van der Waals surface area contributed by atoms with Crippen LogP contribution < -0.4 is 10.9 Å². The highest BCUT2D eigenvalue weighted by Gasteiger charge is 2.14. The van der Waals surface area contributed by atoms with Crippen molar-refractivity contribution in [3.05, 3.63) is 75.6 Å². The zero-order valence-electron chi connectivity index (χ0n) is 12.6. The summed E-state index contributed by atoms with van der Waals surface area (Å²) >= 11 is 0. The van der Waals surface area contributed by atoms with Gasteiger partial charge in [-0.25, -0.2) is 9.37 Å². The summed E-state index contributed by atoms with van der Waals surface area (Å²) in [5.41, 5.74) is 1.61. The summed E-state index contributed by atoms with van der Waals surface area (Å²) in [6, 6.07) is 7.85. The molecule has 1 N–H and O–H groups in total. The number of halogens is 1. The van der Waals surface area contributed by atoms with Gasteiger partial charge in [-0.05, 0) is 49.2 Å². The Hall–Kier alpha value is -3.02. The number of nitrogens with zero attached hydrogens (tertiary/aromatic N) is 2. The van der Waals surface area contributed by atoms with Gasteiger partial charge in [-0.2, -0.15) is 0 Å². The van der Waals surface area contributed by atoms with Crippen molar-refractivity contribution in [1.82, 2.24) is 9.38 Å². The Labute approximate surface area is 131 Å². The lowest BCUT2D eigenvalue weighted by Gasteiger charge is -2.07. The molecule has 0 bridgehead atoms. The predicted octanol–water partition coefficient (Wildman–Crippen LogP) is 2.70. The monoisotopic (exact) mass is 311 g/mol. The van der Waals surface area contributed by atoms with E-state index in [0.717, 1.165) is 5.56 Å². The van der Waals surface area contributed by atoms with E-state index in [2.05, 4.69) is 10.3 Å². The maximum absolute atomic E-state index is 13.5. The highest BCUT2D eigenvalue weighted by molar-refractivity contribution is 6.03. The molecular formula is C17H14FN3O2. The molecule has 0 saturated carbocycles. The van der Waals surface area contributed by atoms with Gasteiger partial charge in [0.15, 0.2) is 0 Å². The number of anilines is 1. The molecule has 0 radical (unpaired) electrons. The van der Waals surface area contributed by atoms with Crippen LogP contribution in [0.4, 0.5) is 10.1 Å². The highest BCUT2D eigenvalue weighted by atomic mass is 19.1. The fraction of sp³-hybridized carbons (Fsp3) is 0.118. The summed E-state index contributed by atoms with van der Waals surface area (Å²) in [5.74, 6) is -1.05. The molecule has 116 valence electrons. The number of carbonyl (C=O) groups excluding carboxylic acids is 1. The minimum Gasteiger partial charge on any atom is -0.322 e. The molecule has 0 fully saturated rings. The van der Waals surface area contributed by atoms with Gasteiger partial charge in [0.25, 0.3) is 11.5 Å². The second-order valence-corrected chi connectivity index (χ2v) is 5.33. The fourth-order valence-electron chi connectivity index (χ4n) is 2.20. The van der Waals surface area contributed by atoms with Gasteiger partial charge in [-0.1, -0.05) is 6.07 Å². The molecule has 23 heavy (non-hydrogen) atoms. The van der Waals surface area contributed by atoms with Gasteiger partial charge in [0.1, 0.15) is 17.0 Å². The standard InChI is InChI=1S/C17H14FN3O2/c1-10-5-6-21-15(7-10)19-9-13(17(21)23)16(22)20-12-4-3-11(2)14(18)8-12/h3-9H,1-2H3,(H,20,22). The molecule has 0 aliphatic carbocycles. The van der Waals surface area contributed by atoms with Gasteiger partial charge in [0.05, 0.1) is 0 Å². The van der Waals surface area contributed by atoms with E-state index >= 15 is 0 Å². The Bertz CT molecular complexity index is 979. The molecule has 0 aliphatic rings. The third kappa shape index (κ3) is 2.83. The van der Waals surface area contributed by atoms with E-state index < -0.39 is 17.3 Å². The van der Waals surface area contributed by atoms with Crippen molar-refractivity contribution in [3.8, 4) is 0 Å². The molecule has 0 saturated heterocycles. The van der Waals surface area contributed by atoms with Gasteiger partial charge in [-0.3, -0.25) is 14.0 Å². The van der Waals surface area contributed by atoms with Crippen molar-refractivity contribution in [2.45, 2.75) is 13.8 Å². The first-order chi connectivity index (χ1) is 11.0. The second kappa shape index (κ2) is 5.64. The Morgan fingerprint density at radius 1 is 1.22 bits per heavy atom. The summed E-state index contributed by atoms with van der Waals surface area (Å²) in [4.78, 5) is 28.8. The van der Waals surface area contributed by atoms with E-state index in [1.807, 2.05) is 6.92 Å². The van der Waals surface area contributed by atoms with Crippen LogP contribution in [0.3, 0.4) is 0 Å². The number of fused-ring (bicyclic) bond motifs is 1. The number of nitrogens with one attached hydrogen (secondary N) is 1. The number of carbonyl (C=O) groups is 1. The predicted molar refractivity (Wildman–Crippen MR) is 85.3 cm³/mol. The first-order valence-electron chi connectivity index (χ1n) is 7.01. The highest BCUT2D eigenvalue weighted by Crippen LogP contribution is 2.14. The second-order valence-electron chi connectivity index (χ2n) is 5.33. The molecule has 2 heterocycles. The topological polar surface area (TPSA) is 63.5 Å². The Morgan fingerprint density at radius 3 is 2.74 bits per heavy atom. The first-order valence-corrected chi connectivity index (χ1v) is 7.01. The number of amides is 1. The molecule has 2 aromatic heterocycles. The molecule has 0 unspecified atom stereocenters. The van der Waals surface area contributed by atoms with Crippen molar-refractivity contribution in [1.29, 1.82) is 0 Å². The molecule has 1 aromatic carbocycles. The minimum atomic E-state index is -0.624. The zero-order valence-corrected chi connectivity index (χ0v) is 12.6. The maximum Gasteiger partial charge on any atom is 0.270 e. The van der Waals surface area contributed by atoms with E-state index in [-0.39, 0.29) is 11.3 Å². The lowest BCUT2D eigenvalue weighted by Crippen LogP contribution is -2.26. The van der Waals surface area contributed by atoms with Gasteiger partial charge in [0.2, 0.25) is 0 Å². The van der Waals surface area contributed by atoms with E-state index in [1.54, 1.807) is 37.4 Å². The molecule has 0 atom stereocenters. The molecule has 3 aromatic rings. The third-order valence-electron chi connectivity index (χ3n) is 3.54. The van der Waals surface area contributed by atoms with Crippen molar-refractivity contribution in [2.75, 3.05) is 5.32 Å². The molecule has 3 rings (SSSR count). The smallest absolute Gasteiger partial charge is 0.270 e. The van der Waals surface area contributed by atoms with Crippen LogP contribution in [0.2, 0.25) is 0 Å². The Kier molecular flexibility index (Phi) is 3.65. The lowest BCUT2D eigenvalue weighted by molar-refractivity contribution is 0.102. The van der Waals surface area contributed by atoms with Crippen LogP contribution in [0.5, 0.6) is 0 Å². The van der Waals surface area contributed by atoms with Crippen LogP contribution in [0.25, 0.3) is 5.65 Å². The number of pyridine rings is 1. The normalized spacial score (nSPS) is 10.7. The largest absolute Gasteiger partial charge is 0.322 e. The first kappa shape index (κ1) is 14.9. The minimum absolute atomic E-state index is 0.104. The van der Waals surface area contributed by atoms with Crippen LogP contribution >= 0.6 is 0 Å². The molecule has 5 nitrogen and oxygen atoms in total. The summed E-state index contributed by atoms with van der Waals surface area (Å²) in [6.45, 7) is 3.52. The van der Waals surface area contributed by atoms with E-state index in [1.165, 1.54) is 16.7 Å². The Balaban J connectivity index is 1.97. The lowest BCUT2D eigenvalue weighted by atomic mass is 10.2. The quantitative estimate of drug-likeness (QED) is 0.791. The van der Waals surface area contributed by atoms with Gasteiger partial charge < -0.3 is 5.32 Å². The van der Waals surface area contributed by atoms with E-state index in [4.69, 9.17) is 0 Å². The van der Waals surface area contributed by atoms with E-state index in [9.17, 15) is 14.0 Å². The molecule has 1 amide bonds. The van der Waals surface area contributed by atoms with Crippen LogP contribution in [-0.2, 0) is 0 Å². The van der Waals surface area contributed by atoms with Gasteiger partial charge in [-0.15, -0.1) is 0 Å². The average Bonchev–Trinajstić information content (AvgIpc) is 2.51. The molecular weight excluding hydrogens is 297 g/mol. The Morgan fingerprint density at radius 2 is 2.00 bits per heavy atom. The number of aromatic nitrogens is 2. The van der Waals surface area contributed by atoms with E-state index in [0.29, 0.717) is 11.2 Å². The van der Waals surface area contributed by atoms with Crippen LogP contribution in [0.15, 0.2) is 47.5 Å². The van der Waals surface area contributed by atoms with Gasteiger partial charge in [0, 0.05) is 18.1 Å². The summed E-state index contributed by atoms with van der Waals surface area (Å²) in [7, 11) is 0. The zero-order chi connectivity index (χ0) is 16.6. The summed E-state index contributed by atoms with van der Waals surface area (Å²) in [6.07, 6.45) is 2.80. The number of hydrogen-bond donors (Lipinski definition) is 1. The molecule has 6 heteroatoms. The molecule has 0 aliphatic heterocycles. The maximum atomic E-state index is 13.5. The van der Waals surface area contributed by atoms with Crippen LogP contribution in [0, 0.1) is 19.7 Å². The fourth-order valence-corrected chi connectivity index (χ4v) is 2.20. The number of benzene rings is 1. The number of hydrogen-bond acceptors (Lipinski definition) is 3. The summed E-state index contributed by atoms with van der Waals surface area (Å²) < 4.78 is 14.8. The average molecular weight is 311 g/mol. The van der Waals surface area contributed by atoms with Crippen LogP contribution in [0.1, 0.15) is 21.5 Å². The number of aryl methyl sites for hydroxylation is 2. The van der Waals surface area contributed by atoms with Crippen molar-refractivity contribution >= 4 is 17.2 Å². The molecule has 0 spiro atoms.